The predicted octanol–water partition coefficient (Wildman–Crippen LogP) is 3.56. The zero-order chi connectivity index (χ0) is 13.6. The summed E-state index contributed by atoms with van der Waals surface area (Å²) >= 11 is 0. The number of aryl methyl sites for hydroxylation is 1. The van der Waals surface area contributed by atoms with E-state index in [2.05, 4.69) is 24.3 Å². The van der Waals surface area contributed by atoms with Crippen molar-refractivity contribution in [2.75, 3.05) is 6.61 Å². The summed E-state index contributed by atoms with van der Waals surface area (Å²) in [5.74, 6) is 0.373. The van der Waals surface area contributed by atoms with Crippen molar-refractivity contribution in [1.82, 2.24) is 0 Å². The Morgan fingerprint density at radius 1 is 1.10 bits per heavy atom. The van der Waals surface area contributed by atoms with Gasteiger partial charge in [-0.05, 0) is 68.4 Å². The van der Waals surface area contributed by atoms with Crippen LogP contribution in [-0.4, -0.2) is 17.3 Å². The van der Waals surface area contributed by atoms with E-state index in [9.17, 15) is 5.11 Å². The van der Waals surface area contributed by atoms with Gasteiger partial charge in [0.2, 0.25) is 0 Å². The van der Waals surface area contributed by atoms with Crippen LogP contribution in [-0.2, 0) is 16.8 Å². The Bertz CT molecular complexity index is 506. The van der Waals surface area contributed by atoms with E-state index in [1.54, 1.807) is 0 Å². The maximum absolute atomic E-state index is 11.4. The molecule has 2 unspecified atom stereocenters. The molecule has 1 saturated heterocycles. The molecule has 1 saturated carbocycles. The van der Waals surface area contributed by atoms with Crippen LogP contribution in [0, 0.1) is 5.92 Å². The summed E-state index contributed by atoms with van der Waals surface area (Å²) < 4.78 is 6.04. The van der Waals surface area contributed by atoms with Crippen LogP contribution in [0.4, 0.5) is 0 Å². The summed E-state index contributed by atoms with van der Waals surface area (Å²) in [6, 6.07) is 8.52. The molecule has 1 aliphatic heterocycles. The van der Waals surface area contributed by atoms with E-state index >= 15 is 0 Å². The second kappa shape index (κ2) is 4.57. The van der Waals surface area contributed by atoms with Gasteiger partial charge >= 0.3 is 0 Å². The number of hydrogen-bond acceptors (Lipinski definition) is 2. The first kappa shape index (κ1) is 12.8. The Kier molecular flexibility index (Phi) is 2.94. The zero-order valence-corrected chi connectivity index (χ0v) is 12.1. The second-order valence-electron chi connectivity index (χ2n) is 7.01. The van der Waals surface area contributed by atoms with Gasteiger partial charge in [-0.25, -0.2) is 0 Å². The molecule has 0 radical (unpaired) electrons. The molecule has 0 amide bonds. The van der Waals surface area contributed by atoms with Crippen LogP contribution >= 0.6 is 0 Å². The number of rotatable bonds is 1. The van der Waals surface area contributed by atoms with Crippen molar-refractivity contribution >= 4 is 0 Å². The van der Waals surface area contributed by atoms with Gasteiger partial charge in [-0.2, -0.15) is 0 Å². The van der Waals surface area contributed by atoms with E-state index in [0.29, 0.717) is 5.92 Å². The maximum atomic E-state index is 11.4. The van der Waals surface area contributed by atoms with Crippen molar-refractivity contribution in [2.45, 2.75) is 62.6 Å². The van der Waals surface area contributed by atoms with Crippen molar-refractivity contribution < 1.29 is 9.84 Å². The molecule has 2 atom stereocenters. The summed E-state index contributed by atoms with van der Waals surface area (Å²) in [6.07, 6.45) is 8.89. The Hall–Kier alpha value is -0.860. The zero-order valence-electron chi connectivity index (χ0n) is 12.1. The van der Waals surface area contributed by atoms with E-state index in [1.165, 1.54) is 30.4 Å². The van der Waals surface area contributed by atoms with Gasteiger partial charge in [0.15, 0.2) is 0 Å². The topological polar surface area (TPSA) is 29.5 Å². The van der Waals surface area contributed by atoms with Crippen molar-refractivity contribution in [3.63, 3.8) is 0 Å². The quantitative estimate of drug-likeness (QED) is 0.847. The molecular weight excluding hydrogens is 248 g/mol. The van der Waals surface area contributed by atoms with Crippen molar-refractivity contribution in [3.05, 3.63) is 35.4 Å². The lowest BCUT2D eigenvalue weighted by Crippen LogP contribution is -2.51. The Labute approximate surface area is 121 Å². The lowest BCUT2D eigenvalue weighted by Gasteiger charge is -2.52. The molecule has 20 heavy (non-hydrogen) atoms. The van der Waals surface area contributed by atoms with E-state index in [4.69, 9.17) is 4.74 Å². The molecule has 2 fully saturated rings. The van der Waals surface area contributed by atoms with E-state index in [-0.39, 0.29) is 5.60 Å². The van der Waals surface area contributed by atoms with Crippen molar-refractivity contribution in [1.29, 1.82) is 0 Å². The fourth-order valence-electron chi connectivity index (χ4n) is 4.62. The molecule has 4 rings (SSSR count). The molecule has 2 heteroatoms. The number of aliphatic hydroxyl groups is 1. The van der Waals surface area contributed by atoms with Gasteiger partial charge < -0.3 is 9.84 Å². The van der Waals surface area contributed by atoms with Crippen LogP contribution in [0.25, 0.3) is 0 Å². The minimum Gasteiger partial charge on any atom is -0.385 e. The third-order valence-electron chi connectivity index (χ3n) is 5.92. The molecule has 0 bridgehead atoms. The molecule has 2 nitrogen and oxygen atoms in total. The third kappa shape index (κ3) is 1.85. The fourth-order valence-corrected chi connectivity index (χ4v) is 4.62. The third-order valence-corrected chi connectivity index (χ3v) is 5.92. The monoisotopic (exact) mass is 272 g/mol. The summed E-state index contributed by atoms with van der Waals surface area (Å²) in [5.41, 5.74) is 2.06. The van der Waals surface area contributed by atoms with Gasteiger partial charge in [0.1, 0.15) is 0 Å². The summed E-state index contributed by atoms with van der Waals surface area (Å²) in [5, 5.41) is 11.4. The van der Waals surface area contributed by atoms with Crippen LogP contribution in [0.1, 0.15) is 56.1 Å². The van der Waals surface area contributed by atoms with Gasteiger partial charge in [0, 0.05) is 6.61 Å². The SMILES string of the molecule is OC1(C2CCOC3(CCC3)C2)CCCc2ccccc21. The van der Waals surface area contributed by atoms with Gasteiger partial charge in [0.25, 0.3) is 0 Å². The highest BCUT2D eigenvalue weighted by Crippen LogP contribution is 2.51. The van der Waals surface area contributed by atoms with Crippen molar-refractivity contribution in [2.24, 2.45) is 5.92 Å². The molecule has 1 aromatic carbocycles. The highest BCUT2D eigenvalue weighted by molar-refractivity contribution is 5.35. The van der Waals surface area contributed by atoms with Gasteiger partial charge in [-0.15, -0.1) is 0 Å². The lowest BCUT2D eigenvalue weighted by atomic mass is 9.63. The van der Waals surface area contributed by atoms with Gasteiger partial charge in [-0.3, -0.25) is 0 Å². The molecule has 1 aromatic rings. The number of hydrogen-bond donors (Lipinski definition) is 1. The standard InChI is InChI=1S/C18H24O2/c19-18(11-3-6-14-5-1-2-7-16(14)18)15-8-12-20-17(13-15)9-4-10-17/h1-2,5,7,15,19H,3-4,6,8-13H2. The minimum atomic E-state index is -0.610. The highest BCUT2D eigenvalue weighted by atomic mass is 16.5. The van der Waals surface area contributed by atoms with Crippen LogP contribution in [0.2, 0.25) is 0 Å². The summed E-state index contributed by atoms with van der Waals surface area (Å²) in [4.78, 5) is 0. The Balaban J connectivity index is 1.67. The largest absolute Gasteiger partial charge is 0.385 e. The summed E-state index contributed by atoms with van der Waals surface area (Å²) in [6.45, 7) is 0.829. The minimum absolute atomic E-state index is 0.116. The molecular formula is C18H24O2. The highest BCUT2D eigenvalue weighted by Gasteiger charge is 2.50. The van der Waals surface area contributed by atoms with Crippen LogP contribution in [0.15, 0.2) is 24.3 Å². The van der Waals surface area contributed by atoms with Gasteiger partial charge in [0.05, 0.1) is 11.2 Å². The molecule has 1 spiro atoms. The molecule has 0 aromatic heterocycles. The van der Waals surface area contributed by atoms with Crippen LogP contribution in [0.5, 0.6) is 0 Å². The second-order valence-corrected chi connectivity index (χ2v) is 7.01. The number of fused-ring (bicyclic) bond motifs is 1. The smallest absolute Gasteiger partial charge is 0.0929 e. The maximum Gasteiger partial charge on any atom is 0.0929 e. The Morgan fingerprint density at radius 3 is 2.75 bits per heavy atom. The molecule has 1 heterocycles. The molecule has 2 aliphatic carbocycles. The lowest BCUT2D eigenvalue weighted by molar-refractivity contribution is -0.180. The first-order valence-corrected chi connectivity index (χ1v) is 8.17. The van der Waals surface area contributed by atoms with Crippen LogP contribution in [0.3, 0.4) is 0 Å². The predicted molar refractivity (Wildman–Crippen MR) is 78.5 cm³/mol. The molecule has 3 aliphatic rings. The first-order valence-electron chi connectivity index (χ1n) is 8.17. The van der Waals surface area contributed by atoms with Gasteiger partial charge in [-0.1, -0.05) is 24.3 Å². The number of ether oxygens (including phenoxy) is 1. The summed E-state index contributed by atoms with van der Waals surface area (Å²) in [7, 11) is 0. The van der Waals surface area contributed by atoms with E-state index in [1.807, 2.05) is 0 Å². The van der Waals surface area contributed by atoms with E-state index in [0.717, 1.165) is 38.7 Å². The average Bonchev–Trinajstić information content (AvgIpc) is 2.46. The van der Waals surface area contributed by atoms with E-state index < -0.39 is 5.60 Å². The first-order chi connectivity index (χ1) is 9.72. The Morgan fingerprint density at radius 2 is 1.95 bits per heavy atom. The average molecular weight is 272 g/mol. The fraction of sp³-hybridized carbons (Fsp3) is 0.667. The van der Waals surface area contributed by atoms with Crippen LogP contribution < -0.4 is 0 Å². The number of benzene rings is 1. The van der Waals surface area contributed by atoms with Crippen molar-refractivity contribution in [3.8, 4) is 0 Å². The normalized spacial score (nSPS) is 35.4. The molecule has 1 N–H and O–H groups in total. The molecule has 108 valence electrons.